The van der Waals surface area contributed by atoms with E-state index >= 15 is 0 Å². The van der Waals surface area contributed by atoms with Gasteiger partial charge in [0.15, 0.2) is 10.8 Å². The quantitative estimate of drug-likeness (QED) is 0.135. The van der Waals surface area contributed by atoms with E-state index in [9.17, 15) is 24.7 Å². The number of carboxylic acid groups (broad SMARTS) is 1. The lowest BCUT2D eigenvalue weighted by atomic mass is 10.00. The van der Waals surface area contributed by atoms with E-state index in [2.05, 4.69) is 24.6 Å². The van der Waals surface area contributed by atoms with Crippen molar-refractivity contribution >= 4 is 51.7 Å². The highest BCUT2D eigenvalue weighted by Crippen LogP contribution is 2.41. The summed E-state index contributed by atoms with van der Waals surface area (Å²) in [5, 5.41) is 25.9. The molecule has 2 aliphatic heterocycles. The van der Waals surface area contributed by atoms with Crippen LogP contribution in [0.15, 0.2) is 28.1 Å². The van der Waals surface area contributed by atoms with Crippen molar-refractivity contribution in [1.82, 2.24) is 19.8 Å². The molecular weight excluding hydrogens is 494 g/mol. The van der Waals surface area contributed by atoms with Gasteiger partial charge in [0, 0.05) is 29.5 Å². The van der Waals surface area contributed by atoms with E-state index in [-0.39, 0.29) is 22.2 Å². The molecule has 3 aliphatic rings. The highest BCUT2D eigenvalue weighted by atomic mass is 32.2. The number of carbonyl (C=O) groups excluding carboxylic acids is 2. The lowest BCUT2D eigenvalue weighted by Gasteiger charge is -2.49. The zero-order valence-corrected chi connectivity index (χ0v) is 20.4. The number of nitrogens with one attached hydrogen (secondary N) is 1. The topological polar surface area (TPSA) is 167 Å². The number of aliphatic carboxylic acids is 1. The second-order valence-electron chi connectivity index (χ2n) is 8.59. The Morgan fingerprint density at radius 2 is 2.14 bits per heavy atom. The number of fused-ring (bicyclic) bond motifs is 2. The lowest BCUT2D eigenvalue weighted by molar-refractivity contribution is -0.678. The van der Waals surface area contributed by atoms with Crippen molar-refractivity contribution in [3.05, 3.63) is 40.1 Å². The molecule has 184 valence electrons. The number of aryl methyl sites for hydroxylation is 1. The van der Waals surface area contributed by atoms with Crippen LogP contribution in [0.25, 0.3) is 0 Å². The van der Waals surface area contributed by atoms with Crippen LogP contribution >= 0.6 is 23.1 Å². The van der Waals surface area contributed by atoms with E-state index in [0.29, 0.717) is 17.9 Å². The summed E-state index contributed by atoms with van der Waals surface area (Å²) in [4.78, 5) is 43.0. The number of β-lactam (4-membered cyclic amide) rings is 1. The van der Waals surface area contributed by atoms with Gasteiger partial charge >= 0.3 is 5.97 Å². The highest BCUT2D eigenvalue weighted by Gasteiger charge is 2.54. The largest absolute Gasteiger partial charge is 0.477 e. The van der Waals surface area contributed by atoms with E-state index in [1.165, 1.54) is 33.4 Å². The summed E-state index contributed by atoms with van der Waals surface area (Å²) < 4.78 is 4.17. The van der Waals surface area contributed by atoms with Crippen LogP contribution in [0.1, 0.15) is 29.9 Å². The number of imidazole rings is 1. The van der Waals surface area contributed by atoms with Gasteiger partial charge in [-0.15, -0.1) is 23.1 Å². The third kappa shape index (κ3) is 3.95. The van der Waals surface area contributed by atoms with Crippen LogP contribution in [0.5, 0.6) is 0 Å². The number of aromatic nitrogens is 3. The number of hydrogen-bond acceptors (Lipinski definition) is 9. The Morgan fingerprint density at radius 1 is 1.37 bits per heavy atom. The SMILES string of the molecule is C[n+]1cn(CC2=C(C(=O)O)N3C(=O)[C@@H](NC(=O)/C(=N\O)c4csc(N)n4)[C@H]3SC2)c2c1CCCC2. The highest BCUT2D eigenvalue weighted by molar-refractivity contribution is 8.00. The molecular formula is C21H24N7O5S2+. The molecule has 0 aromatic carbocycles. The Balaban J connectivity index is 1.36. The smallest absolute Gasteiger partial charge is 0.352 e. The fraction of sp³-hybridized carbons (Fsp3) is 0.429. The van der Waals surface area contributed by atoms with Gasteiger partial charge in [-0.25, -0.2) is 18.9 Å². The standard InChI is InChI=1S/C21H23N7O5S2/c1-26-9-27(13-5-3-2-4-12(13)26)6-10-7-34-19-15(18(30)28(19)16(10)20(31)32)24-17(29)14(25-33)11-8-35-21(22)23-11/h8-9,15,19H,2-7H2,1H3,(H4-,22,23,24,29,31,32,33)/p+1/t15-,19-/m1/s1. The fourth-order valence-corrected chi connectivity index (χ4v) is 6.76. The minimum Gasteiger partial charge on any atom is -0.477 e. The predicted molar refractivity (Wildman–Crippen MR) is 127 cm³/mol. The average molecular weight is 519 g/mol. The number of carbonyl (C=O) groups is 3. The van der Waals surface area contributed by atoms with Crippen molar-refractivity contribution in [3.8, 4) is 0 Å². The summed E-state index contributed by atoms with van der Waals surface area (Å²) in [5.41, 5.74) is 8.39. The van der Waals surface area contributed by atoms with Gasteiger partial charge in [-0.3, -0.25) is 14.5 Å². The number of thioether (sulfide) groups is 1. The minimum absolute atomic E-state index is 0.0338. The van der Waals surface area contributed by atoms with Crippen molar-refractivity contribution in [2.75, 3.05) is 11.5 Å². The van der Waals surface area contributed by atoms with E-state index in [4.69, 9.17) is 5.73 Å². The predicted octanol–water partition coefficient (Wildman–Crippen LogP) is -0.153. The molecule has 5 N–H and O–H groups in total. The molecule has 1 aliphatic carbocycles. The van der Waals surface area contributed by atoms with Gasteiger partial charge < -0.3 is 21.4 Å². The second-order valence-corrected chi connectivity index (χ2v) is 10.6. The number of anilines is 1. The van der Waals surface area contributed by atoms with E-state index in [0.717, 1.165) is 37.0 Å². The molecule has 14 heteroatoms. The summed E-state index contributed by atoms with van der Waals surface area (Å²) >= 11 is 2.47. The maximum atomic E-state index is 13.0. The van der Waals surface area contributed by atoms with E-state index < -0.39 is 29.2 Å². The van der Waals surface area contributed by atoms with Crippen LogP contribution in [0.2, 0.25) is 0 Å². The molecule has 0 spiro atoms. The Bertz CT molecular complexity index is 1300. The summed E-state index contributed by atoms with van der Waals surface area (Å²) in [7, 11) is 1.99. The van der Waals surface area contributed by atoms with Gasteiger partial charge in [-0.05, 0) is 12.8 Å². The summed E-state index contributed by atoms with van der Waals surface area (Å²) in [6, 6.07) is -0.951. The molecule has 2 aromatic heterocycles. The number of oxime groups is 1. The first-order valence-electron chi connectivity index (χ1n) is 11.0. The van der Waals surface area contributed by atoms with Gasteiger partial charge in [0.05, 0.1) is 7.05 Å². The third-order valence-corrected chi connectivity index (χ3v) is 8.49. The Labute approximate surface area is 208 Å². The molecule has 35 heavy (non-hydrogen) atoms. The lowest BCUT2D eigenvalue weighted by Crippen LogP contribution is -2.71. The maximum Gasteiger partial charge on any atom is 0.352 e. The van der Waals surface area contributed by atoms with Gasteiger partial charge in [-0.2, -0.15) is 0 Å². The van der Waals surface area contributed by atoms with Crippen LogP contribution in [0, 0.1) is 0 Å². The van der Waals surface area contributed by atoms with Crippen LogP contribution in [-0.4, -0.2) is 65.4 Å². The van der Waals surface area contributed by atoms with Gasteiger partial charge in [-0.1, -0.05) is 5.16 Å². The van der Waals surface area contributed by atoms with Crippen LogP contribution < -0.4 is 15.6 Å². The first-order chi connectivity index (χ1) is 16.8. The van der Waals surface area contributed by atoms with Crippen molar-refractivity contribution in [3.63, 3.8) is 0 Å². The number of thiazole rings is 1. The van der Waals surface area contributed by atoms with Crippen LogP contribution in [-0.2, 0) is 40.8 Å². The molecule has 2 atom stereocenters. The maximum absolute atomic E-state index is 13.0. The molecule has 2 aromatic rings. The normalized spacial score (nSPS) is 21.9. The zero-order chi connectivity index (χ0) is 24.9. The minimum atomic E-state index is -1.18. The number of amides is 2. The Kier molecular flexibility index (Phi) is 6.01. The van der Waals surface area contributed by atoms with Crippen molar-refractivity contribution in [2.24, 2.45) is 12.2 Å². The number of nitrogens with zero attached hydrogens (tertiary/aromatic N) is 5. The first kappa shape index (κ1) is 23.4. The number of nitrogens with two attached hydrogens (primary N) is 1. The molecule has 0 saturated carbocycles. The molecule has 5 rings (SSSR count). The molecule has 0 radical (unpaired) electrons. The van der Waals surface area contributed by atoms with Crippen LogP contribution in [0.3, 0.4) is 0 Å². The van der Waals surface area contributed by atoms with E-state index in [1.54, 1.807) is 0 Å². The van der Waals surface area contributed by atoms with Crippen molar-refractivity contribution in [1.29, 1.82) is 0 Å². The summed E-state index contributed by atoms with van der Waals surface area (Å²) in [6.45, 7) is 0.387. The summed E-state index contributed by atoms with van der Waals surface area (Å²) in [5.74, 6) is -2.09. The number of rotatable bonds is 6. The zero-order valence-electron chi connectivity index (χ0n) is 18.8. The first-order valence-corrected chi connectivity index (χ1v) is 12.9. The number of nitrogen functional groups attached to an aromatic ring is 1. The molecule has 1 fully saturated rings. The van der Waals surface area contributed by atoms with Crippen LogP contribution in [0.4, 0.5) is 5.13 Å². The molecule has 0 bridgehead atoms. The molecule has 0 unspecified atom stereocenters. The Hall–Kier alpha value is -3.39. The van der Waals surface area contributed by atoms with Crippen molar-refractivity contribution in [2.45, 2.75) is 43.6 Å². The van der Waals surface area contributed by atoms with Gasteiger partial charge in [0.25, 0.3) is 11.8 Å². The second kappa shape index (κ2) is 9.00. The third-order valence-electron chi connectivity index (χ3n) is 6.47. The van der Waals surface area contributed by atoms with Gasteiger partial charge in [0.1, 0.15) is 40.7 Å². The molecule has 12 nitrogen and oxygen atoms in total. The number of carboxylic acids is 1. The van der Waals surface area contributed by atoms with Crippen molar-refractivity contribution < 1.29 is 29.3 Å². The summed E-state index contributed by atoms with van der Waals surface area (Å²) in [6.07, 6.45) is 6.16. The Morgan fingerprint density at radius 3 is 2.83 bits per heavy atom. The molecule has 4 heterocycles. The molecule has 1 saturated heterocycles. The monoisotopic (exact) mass is 518 g/mol. The average Bonchev–Trinajstić information content (AvgIpc) is 3.40. The fourth-order valence-electron chi connectivity index (χ4n) is 4.88. The number of hydrogen-bond donors (Lipinski definition) is 4. The van der Waals surface area contributed by atoms with Gasteiger partial charge in [0.2, 0.25) is 6.33 Å². The molecule has 2 amide bonds. The van der Waals surface area contributed by atoms with E-state index in [1.807, 2.05) is 13.4 Å².